The van der Waals surface area contributed by atoms with Crippen molar-refractivity contribution in [2.75, 3.05) is 6.54 Å². The van der Waals surface area contributed by atoms with Crippen molar-refractivity contribution in [1.82, 2.24) is 9.55 Å². The highest BCUT2D eigenvalue weighted by molar-refractivity contribution is 6.30. The Morgan fingerprint density at radius 1 is 1.69 bits per heavy atom. The smallest absolute Gasteiger partial charge is 0.131 e. The van der Waals surface area contributed by atoms with Crippen LogP contribution in [0.15, 0.2) is 0 Å². The zero-order chi connectivity index (χ0) is 9.42. The van der Waals surface area contributed by atoms with E-state index in [1.165, 1.54) is 0 Å². The zero-order valence-electron chi connectivity index (χ0n) is 7.76. The Labute approximate surface area is 82.9 Å². The molecule has 0 radical (unpaired) electrons. The second kappa shape index (κ2) is 3.31. The molecule has 4 heteroatoms. The van der Waals surface area contributed by atoms with Crippen LogP contribution >= 0.6 is 11.6 Å². The molecule has 0 spiro atoms. The highest BCUT2D eigenvalue weighted by Crippen LogP contribution is 2.30. The quantitative estimate of drug-likeness (QED) is 0.748. The third-order valence-corrected chi connectivity index (χ3v) is 3.16. The minimum absolute atomic E-state index is 0.403. The van der Waals surface area contributed by atoms with Crippen LogP contribution in [0.3, 0.4) is 0 Å². The lowest BCUT2D eigenvalue weighted by atomic mass is 9.99. The third-order valence-electron chi connectivity index (χ3n) is 2.68. The maximum Gasteiger partial charge on any atom is 0.131 e. The number of fused-ring (bicyclic) bond motifs is 1. The molecule has 0 amide bonds. The molecular formula is C9H14ClN3. The number of hydrogen-bond acceptors (Lipinski definition) is 2. The summed E-state index contributed by atoms with van der Waals surface area (Å²) in [6, 6.07) is 0. The first-order valence-corrected chi connectivity index (χ1v) is 5.04. The lowest BCUT2D eigenvalue weighted by Crippen LogP contribution is -2.22. The largest absolute Gasteiger partial charge is 0.330 e. The third kappa shape index (κ3) is 1.36. The van der Waals surface area contributed by atoms with Gasteiger partial charge < -0.3 is 10.3 Å². The average molecular weight is 200 g/mol. The highest BCUT2D eigenvalue weighted by atomic mass is 35.5. The Balaban J connectivity index is 2.45. The Hall–Kier alpha value is -0.540. The van der Waals surface area contributed by atoms with Gasteiger partial charge in [0.15, 0.2) is 0 Å². The van der Waals surface area contributed by atoms with Gasteiger partial charge in [0.1, 0.15) is 11.0 Å². The molecule has 1 aliphatic rings. The number of imidazole rings is 1. The van der Waals surface area contributed by atoms with Crippen molar-refractivity contribution in [3.63, 3.8) is 0 Å². The summed E-state index contributed by atoms with van der Waals surface area (Å²) in [5, 5.41) is 0.785. The normalized spacial score (nSPS) is 21.6. The molecule has 2 heterocycles. The summed E-state index contributed by atoms with van der Waals surface area (Å²) in [6.45, 7) is 3.61. The van der Waals surface area contributed by atoms with Crippen LogP contribution in [0.4, 0.5) is 0 Å². The molecule has 0 saturated heterocycles. The van der Waals surface area contributed by atoms with Crippen LogP contribution in [0.25, 0.3) is 0 Å². The van der Waals surface area contributed by atoms with Gasteiger partial charge in [-0.2, -0.15) is 0 Å². The molecule has 1 aromatic heterocycles. The second-order valence-corrected chi connectivity index (χ2v) is 3.93. The Bertz CT molecular complexity index is 319. The van der Waals surface area contributed by atoms with E-state index >= 15 is 0 Å². The summed E-state index contributed by atoms with van der Waals surface area (Å²) in [4.78, 5) is 4.45. The van der Waals surface area contributed by atoms with Gasteiger partial charge in [0.25, 0.3) is 0 Å². The first-order valence-electron chi connectivity index (χ1n) is 4.66. The van der Waals surface area contributed by atoms with Crippen LogP contribution < -0.4 is 5.73 Å². The maximum absolute atomic E-state index is 6.11. The number of nitrogens with two attached hydrogens (primary N) is 1. The zero-order valence-corrected chi connectivity index (χ0v) is 8.51. The van der Waals surface area contributed by atoms with Crippen LogP contribution in [0.5, 0.6) is 0 Å². The predicted octanol–water partition coefficient (Wildman–Crippen LogP) is 1.68. The number of aryl methyl sites for hydroxylation is 1. The Kier molecular flexibility index (Phi) is 2.30. The lowest BCUT2D eigenvalue weighted by Gasteiger charge is -2.22. The fourth-order valence-corrected chi connectivity index (χ4v) is 2.16. The van der Waals surface area contributed by atoms with Crippen LogP contribution in [0.1, 0.15) is 30.3 Å². The summed E-state index contributed by atoms with van der Waals surface area (Å²) in [5.41, 5.74) is 6.61. The van der Waals surface area contributed by atoms with E-state index in [1.54, 1.807) is 0 Å². The minimum Gasteiger partial charge on any atom is -0.330 e. The van der Waals surface area contributed by atoms with E-state index in [2.05, 4.69) is 9.55 Å². The number of hydrogen-bond donors (Lipinski definition) is 1. The Morgan fingerprint density at radius 2 is 2.46 bits per heavy atom. The number of rotatable bonds is 1. The monoisotopic (exact) mass is 199 g/mol. The van der Waals surface area contributed by atoms with Crippen molar-refractivity contribution in [2.45, 2.75) is 32.2 Å². The Morgan fingerprint density at radius 3 is 3.15 bits per heavy atom. The molecular weight excluding hydrogens is 186 g/mol. The van der Waals surface area contributed by atoms with Crippen LogP contribution in [0, 0.1) is 6.92 Å². The molecule has 72 valence electrons. The average Bonchev–Trinajstić information content (AvgIpc) is 2.43. The van der Waals surface area contributed by atoms with E-state index in [-0.39, 0.29) is 0 Å². The van der Waals surface area contributed by atoms with Gasteiger partial charge in [0.05, 0.1) is 5.69 Å². The molecule has 0 bridgehead atoms. The first-order chi connectivity index (χ1) is 6.24. The van der Waals surface area contributed by atoms with Crippen molar-refractivity contribution in [3.8, 4) is 0 Å². The summed E-state index contributed by atoms with van der Waals surface area (Å²) >= 11 is 6.11. The molecule has 2 rings (SSSR count). The van der Waals surface area contributed by atoms with Crippen molar-refractivity contribution in [3.05, 3.63) is 16.7 Å². The molecule has 1 aliphatic heterocycles. The first kappa shape index (κ1) is 9.03. The molecule has 1 atom stereocenters. The summed E-state index contributed by atoms with van der Waals surface area (Å²) in [7, 11) is 0. The van der Waals surface area contributed by atoms with E-state index in [0.717, 1.165) is 36.1 Å². The lowest BCUT2D eigenvalue weighted by molar-refractivity contribution is 0.448. The number of nitrogens with zero attached hydrogens (tertiary/aromatic N) is 2. The molecule has 0 aliphatic carbocycles. The predicted molar refractivity (Wildman–Crippen MR) is 53.0 cm³/mol. The van der Waals surface area contributed by atoms with Gasteiger partial charge in [-0.3, -0.25) is 0 Å². The van der Waals surface area contributed by atoms with Gasteiger partial charge in [0, 0.05) is 19.0 Å². The van der Waals surface area contributed by atoms with Gasteiger partial charge in [-0.15, -0.1) is 0 Å². The molecule has 3 nitrogen and oxygen atoms in total. The maximum atomic E-state index is 6.11. The van der Waals surface area contributed by atoms with Gasteiger partial charge in [-0.25, -0.2) is 4.98 Å². The van der Waals surface area contributed by atoms with Crippen LogP contribution in [0.2, 0.25) is 5.15 Å². The van der Waals surface area contributed by atoms with E-state index in [9.17, 15) is 0 Å². The van der Waals surface area contributed by atoms with Crippen LogP contribution in [-0.4, -0.2) is 16.1 Å². The van der Waals surface area contributed by atoms with E-state index in [0.29, 0.717) is 12.5 Å². The molecule has 0 aromatic carbocycles. The molecule has 1 aromatic rings. The summed E-state index contributed by atoms with van der Waals surface area (Å²) in [6.07, 6.45) is 2.30. The SMILES string of the molecule is Cc1nc2n(c1Cl)CCCC2CN. The topological polar surface area (TPSA) is 43.8 Å². The van der Waals surface area contributed by atoms with Gasteiger partial charge in [0.2, 0.25) is 0 Å². The minimum atomic E-state index is 0.403. The fraction of sp³-hybridized carbons (Fsp3) is 0.667. The van der Waals surface area contributed by atoms with Crippen molar-refractivity contribution >= 4 is 11.6 Å². The van der Waals surface area contributed by atoms with Gasteiger partial charge in [-0.1, -0.05) is 11.6 Å². The highest BCUT2D eigenvalue weighted by Gasteiger charge is 2.23. The second-order valence-electron chi connectivity index (χ2n) is 3.57. The molecule has 13 heavy (non-hydrogen) atoms. The molecule has 2 N–H and O–H groups in total. The van der Waals surface area contributed by atoms with Crippen molar-refractivity contribution in [2.24, 2.45) is 5.73 Å². The van der Waals surface area contributed by atoms with E-state index in [1.807, 2.05) is 6.92 Å². The van der Waals surface area contributed by atoms with E-state index < -0.39 is 0 Å². The van der Waals surface area contributed by atoms with Gasteiger partial charge in [-0.05, 0) is 19.8 Å². The molecule has 1 unspecified atom stereocenters. The fourth-order valence-electron chi connectivity index (χ4n) is 1.95. The summed E-state index contributed by atoms with van der Waals surface area (Å²) in [5.74, 6) is 1.48. The van der Waals surface area contributed by atoms with Crippen molar-refractivity contribution < 1.29 is 0 Å². The van der Waals surface area contributed by atoms with E-state index in [4.69, 9.17) is 17.3 Å². The number of halogens is 1. The van der Waals surface area contributed by atoms with Crippen LogP contribution in [-0.2, 0) is 6.54 Å². The summed E-state index contributed by atoms with van der Waals surface area (Å²) < 4.78 is 2.10. The molecule has 0 fully saturated rings. The molecule has 0 saturated carbocycles. The van der Waals surface area contributed by atoms with Gasteiger partial charge >= 0.3 is 0 Å². The standard InChI is InChI=1S/C9H14ClN3/c1-6-8(10)13-4-2-3-7(5-11)9(13)12-6/h7H,2-5,11H2,1H3. The number of aromatic nitrogens is 2. The van der Waals surface area contributed by atoms with Crippen molar-refractivity contribution in [1.29, 1.82) is 0 Å².